The third-order valence-corrected chi connectivity index (χ3v) is 4.33. The summed E-state index contributed by atoms with van der Waals surface area (Å²) >= 11 is 0. The number of hydrogen-bond acceptors (Lipinski definition) is 5. The molecule has 0 aliphatic carbocycles. The molecule has 0 unspecified atom stereocenters. The van der Waals surface area contributed by atoms with Gasteiger partial charge in [-0.05, 0) is 45.0 Å². The van der Waals surface area contributed by atoms with Gasteiger partial charge >= 0.3 is 5.63 Å². The van der Waals surface area contributed by atoms with Crippen molar-refractivity contribution >= 4 is 16.7 Å². The summed E-state index contributed by atoms with van der Waals surface area (Å²) in [4.78, 5) is 14.2. The molecular weight excluding hydrogens is 280 g/mol. The van der Waals surface area contributed by atoms with Gasteiger partial charge in [-0.25, -0.2) is 4.79 Å². The highest BCUT2D eigenvalue weighted by molar-refractivity contribution is 5.84. The first kappa shape index (κ1) is 14.9. The van der Waals surface area contributed by atoms with Crippen LogP contribution in [0.2, 0.25) is 0 Å². The highest BCUT2D eigenvalue weighted by atomic mass is 16.5. The quantitative estimate of drug-likeness (QED) is 0.883. The number of aryl methyl sites for hydroxylation is 1. The molecule has 0 radical (unpaired) electrons. The number of nitrogens with zero attached hydrogens (tertiary/aromatic N) is 1. The third-order valence-electron chi connectivity index (χ3n) is 4.33. The first-order chi connectivity index (χ1) is 10.6. The number of likely N-dealkylation sites (tertiary alicyclic amines) is 1. The van der Waals surface area contributed by atoms with Crippen LogP contribution in [-0.2, 0) is 0 Å². The zero-order valence-corrected chi connectivity index (χ0v) is 13.3. The van der Waals surface area contributed by atoms with Crippen molar-refractivity contribution in [3.8, 4) is 5.75 Å². The SMILES string of the molecule is CNc1cc2ccc(OC3CCN(C)CC3)c(C)c2oc1=O. The molecule has 2 aromatic rings. The third kappa shape index (κ3) is 2.81. The summed E-state index contributed by atoms with van der Waals surface area (Å²) in [5.74, 6) is 0.808. The number of nitrogens with one attached hydrogen (secondary N) is 1. The highest BCUT2D eigenvalue weighted by Gasteiger charge is 2.19. The second kappa shape index (κ2) is 6.01. The molecule has 0 bridgehead atoms. The van der Waals surface area contributed by atoms with Crippen molar-refractivity contribution in [2.45, 2.75) is 25.9 Å². The molecule has 2 heterocycles. The van der Waals surface area contributed by atoms with Crippen LogP contribution in [-0.4, -0.2) is 38.2 Å². The molecule has 3 rings (SSSR count). The Kier molecular flexibility index (Phi) is 4.07. The van der Waals surface area contributed by atoms with Gasteiger partial charge in [0.15, 0.2) is 0 Å². The van der Waals surface area contributed by atoms with Gasteiger partial charge in [-0.3, -0.25) is 0 Å². The lowest BCUT2D eigenvalue weighted by Crippen LogP contribution is -2.35. The van der Waals surface area contributed by atoms with E-state index in [1.165, 1.54) is 0 Å². The number of piperidine rings is 1. The minimum absolute atomic E-state index is 0.232. The fraction of sp³-hybridized carbons (Fsp3) is 0.471. The van der Waals surface area contributed by atoms with Crippen molar-refractivity contribution in [1.82, 2.24) is 4.90 Å². The largest absolute Gasteiger partial charge is 0.490 e. The summed E-state index contributed by atoms with van der Waals surface area (Å²) in [6.45, 7) is 4.05. The van der Waals surface area contributed by atoms with E-state index < -0.39 is 0 Å². The van der Waals surface area contributed by atoms with Crippen LogP contribution < -0.4 is 15.7 Å². The maximum Gasteiger partial charge on any atom is 0.359 e. The van der Waals surface area contributed by atoms with Gasteiger partial charge in [0, 0.05) is 31.1 Å². The van der Waals surface area contributed by atoms with E-state index in [9.17, 15) is 4.79 Å². The molecule has 0 saturated carbocycles. The molecule has 22 heavy (non-hydrogen) atoms. The molecule has 118 valence electrons. The van der Waals surface area contributed by atoms with E-state index in [0.717, 1.165) is 42.6 Å². The molecule has 1 aromatic carbocycles. The second-order valence-electron chi connectivity index (χ2n) is 5.93. The Morgan fingerprint density at radius 3 is 2.73 bits per heavy atom. The summed E-state index contributed by atoms with van der Waals surface area (Å²) < 4.78 is 11.6. The molecular formula is C17H22N2O3. The summed E-state index contributed by atoms with van der Waals surface area (Å²) in [7, 11) is 3.84. The predicted octanol–water partition coefficient (Wildman–Crippen LogP) is 2.62. The average Bonchev–Trinajstić information content (AvgIpc) is 2.52. The van der Waals surface area contributed by atoms with Crippen LogP contribution in [0.1, 0.15) is 18.4 Å². The van der Waals surface area contributed by atoms with E-state index in [4.69, 9.17) is 9.15 Å². The van der Waals surface area contributed by atoms with Crippen molar-refractivity contribution in [3.05, 3.63) is 34.2 Å². The Balaban J connectivity index is 1.91. The minimum atomic E-state index is -0.352. The van der Waals surface area contributed by atoms with Crippen molar-refractivity contribution in [2.24, 2.45) is 0 Å². The van der Waals surface area contributed by atoms with Gasteiger partial charge in [0.05, 0.1) is 0 Å². The predicted molar refractivity (Wildman–Crippen MR) is 87.9 cm³/mol. The van der Waals surface area contributed by atoms with Gasteiger partial charge in [-0.1, -0.05) is 0 Å². The first-order valence-corrected chi connectivity index (χ1v) is 7.69. The fourth-order valence-corrected chi connectivity index (χ4v) is 2.89. The number of ether oxygens (including phenoxy) is 1. The maximum atomic E-state index is 11.9. The van der Waals surface area contributed by atoms with Crippen molar-refractivity contribution in [1.29, 1.82) is 0 Å². The van der Waals surface area contributed by atoms with Crippen LogP contribution >= 0.6 is 0 Å². The lowest BCUT2D eigenvalue weighted by atomic mass is 10.1. The molecule has 1 saturated heterocycles. The minimum Gasteiger partial charge on any atom is -0.490 e. The summed E-state index contributed by atoms with van der Waals surface area (Å²) in [5, 5.41) is 3.75. The van der Waals surface area contributed by atoms with E-state index in [2.05, 4.69) is 17.3 Å². The standard InChI is InChI=1S/C17H22N2O3/c1-11-15(21-13-6-8-19(3)9-7-13)5-4-12-10-14(18-2)17(20)22-16(11)12/h4-5,10,13,18H,6-9H2,1-3H3. The molecule has 5 heteroatoms. The molecule has 0 amide bonds. The van der Waals surface area contributed by atoms with Gasteiger partial charge < -0.3 is 19.4 Å². The van der Waals surface area contributed by atoms with Crippen molar-refractivity contribution < 1.29 is 9.15 Å². The van der Waals surface area contributed by atoms with Gasteiger partial charge in [0.1, 0.15) is 23.1 Å². The summed E-state index contributed by atoms with van der Waals surface area (Å²) in [5.41, 5.74) is 1.61. The Bertz CT molecular complexity index is 730. The topological polar surface area (TPSA) is 54.7 Å². The molecule has 0 spiro atoms. The number of rotatable bonds is 3. The lowest BCUT2D eigenvalue weighted by molar-refractivity contribution is 0.113. The van der Waals surface area contributed by atoms with Crippen molar-refractivity contribution in [3.63, 3.8) is 0 Å². The highest BCUT2D eigenvalue weighted by Crippen LogP contribution is 2.29. The van der Waals surface area contributed by atoms with Crippen LogP contribution in [0.5, 0.6) is 5.75 Å². The van der Waals surface area contributed by atoms with Crippen LogP contribution in [0.15, 0.2) is 27.4 Å². The number of fused-ring (bicyclic) bond motifs is 1. The number of benzene rings is 1. The second-order valence-corrected chi connectivity index (χ2v) is 5.93. The zero-order valence-electron chi connectivity index (χ0n) is 13.3. The van der Waals surface area contributed by atoms with E-state index in [1.54, 1.807) is 7.05 Å². The van der Waals surface area contributed by atoms with Crippen LogP contribution in [0.4, 0.5) is 5.69 Å². The van der Waals surface area contributed by atoms with Crippen LogP contribution in [0, 0.1) is 6.92 Å². The number of hydrogen-bond donors (Lipinski definition) is 1. The summed E-state index contributed by atoms with van der Waals surface area (Å²) in [6.07, 6.45) is 2.28. The van der Waals surface area contributed by atoms with Gasteiger partial charge in [0.25, 0.3) is 0 Å². The normalized spacial score (nSPS) is 16.9. The zero-order chi connectivity index (χ0) is 15.7. The molecule has 1 aromatic heterocycles. The molecule has 5 nitrogen and oxygen atoms in total. The maximum absolute atomic E-state index is 11.9. The molecule has 1 N–H and O–H groups in total. The average molecular weight is 302 g/mol. The summed E-state index contributed by atoms with van der Waals surface area (Å²) in [6, 6.07) is 5.72. The molecule has 0 atom stereocenters. The lowest BCUT2D eigenvalue weighted by Gasteiger charge is -2.29. The monoisotopic (exact) mass is 302 g/mol. The molecule has 1 aliphatic heterocycles. The Hall–Kier alpha value is -2.01. The number of anilines is 1. The molecule has 1 fully saturated rings. The van der Waals surface area contributed by atoms with E-state index in [-0.39, 0.29) is 11.7 Å². The Morgan fingerprint density at radius 1 is 1.32 bits per heavy atom. The van der Waals surface area contributed by atoms with Gasteiger partial charge in [-0.15, -0.1) is 0 Å². The van der Waals surface area contributed by atoms with Gasteiger partial charge in [0.2, 0.25) is 0 Å². The van der Waals surface area contributed by atoms with Crippen LogP contribution in [0.25, 0.3) is 11.0 Å². The van der Waals surface area contributed by atoms with Crippen molar-refractivity contribution in [2.75, 3.05) is 32.5 Å². The van der Waals surface area contributed by atoms with Crippen LogP contribution in [0.3, 0.4) is 0 Å². The van der Waals surface area contributed by atoms with Gasteiger partial charge in [-0.2, -0.15) is 0 Å². The Morgan fingerprint density at radius 2 is 2.05 bits per heavy atom. The first-order valence-electron chi connectivity index (χ1n) is 7.69. The Labute approximate surface area is 129 Å². The van der Waals surface area contributed by atoms with E-state index in [0.29, 0.717) is 11.3 Å². The van der Waals surface area contributed by atoms with E-state index >= 15 is 0 Å². The smallest absolute Gasteiger partial charge is 0.359 e. The van der Waals surface area contributed by atoms with E-state index in [1.807, 2.05) is 25.1 Å². The molecule has 1 aliphatic rings. The fourth-order valence-electron chi connectivity index (χ4n) is 2.89.